The highest BCUT2D eigenvalue weighted by Crippen LogP contribution is 2.40. The quantitative estimate of drug-likeness (QED) is 0.547. The summed E-state index contributed by atoms with van der Waals surface area (Å²) < 4.78 is 0. The van der Waals surface area contributed by atoms with Gasteiger partial charge in [0.25, 0.3) is 0 Å². The highest BCUT2D eigenvalue weighted by atomic mass is 16.3. The Hall–Kier alpha value is -0.120. The Bertz CT molecular complexity index is 159. The van der Waals surface area contributed by atoms with Crippen LogP contribution in [0.4, 0.5) is 0 Å². The van der Waals surface area contributed by atoms with E-state index in [-0.39, 0.29) is 11.5 Å². The molecule has 1 rings (SSSR count). The second-order valence-corrected chi connectivity index (χ2v) is 4.58. The fraction of sp³-hybridized carbons (Fsp3) is 1.00. The van der Waals surface area contributed by atoms with Crippen molar-refractivity contribution < 1.29 is 5.11 Å². The number of aliphatic hydroxyl groups excluding tert-OH is 1. The zero-order chi connectivity index (χ0) is 9.90. The molecule has 13 heavy (non-hydrogen) atoms. The van der Waals surface area contributed by atoms with Gasteiger partial charge in [0.05, 0.1) is 6.10 Å². The minimum absolute atomic E-state index is 0.0582. The second kappa shape index (κ2) is 4.40. The lowest BCUT2D eigenvalue weighted by molar-refractivity contribution is -0.0722. The van der Waals surface area contributed by atoms with E-state index in [1.807, 2.05) is 0 Å². The summed E-state index contributed by atoms with van der Waals surface area (Å²) in [6.45, 7) is 6.03. The predicted octanol–water partition coefficient (Wildman–Crippen LogP) is 0.474. The Kier molecular flexibility index (Phi) is 3.71. The van der Waals surface area contributed by atoms with Crippen LogP contribution in [0.5, 0.6) is 0 Å². The third-order valence-electron chi connectivity index (χ3n) is 3.24. The summed E-state index contributed by atoms with van der Waals surface area (Å²) in [6, 6.07) is 0.486. The summed E-state index contributed by atoms with van der Waals surface area (Å²) in [4.78, 5) is 0. The van der Waals surface area contributed by atoms with Crippen molar-refractivity contribution in [3.63, 3.8) is 0 Å². The smallest absolute Gasteiger partial charge is 0.0621 e. The molecular weight excluding hydrogens is 164 g/mol. The zero-order valence-corrected chi connectivity index (χ0v) is 8.71. The van der Waals surface area contributed by atoms with Gasteiger partial charge in [-0.2, -0.15) is 0 Å². The van der Waals surface area contributed by atoms with E-state index in [0.717, 1.165) is 32.4 Å². The molecule has 0 spiro atoms. The largest absolute Gasteiger partial charge is 0.392 e. The van der Waals surface area contributed by atoms with Crippen molar-refractivity contribution in [3.8, 4) is 0 Å². The second-order valence-electron chi connectivity index (χ2n) is 4.58. The number of aliphatic hydroxyl groups is 1. The number of nitrogens with two attached hydrogens (primary N) is 1. The summed E-state index contributed by atoms with van der Waals surface area (Å²) in [6.07, 6.45) is 3.00. The van der Waals surface area contributed by atoms with Gasteiger partial charge in [-0.05, 0) is 32.4 Å². The molecule has 2 atom stereocenters. The molecule has 3 nitrogen and oxygen atoms in total. The van der Waals surface area contributed by atoms with Gasteiger partial charge in [-0.1, -0.05) is 13.8 Å². The molecule has 3 heteroatoms. The number of nitrogens with one attached hydrogen (secondary N) is 1. The van der Waals surface area contributed by atoms with Crippen LogP contribution in [0.3, 0.4) is 0 Å². The van der Waals surface area contributed by atoms with Crippen molar-refractivity contribution in [3.05, 3.63) is 0 Å². The minimum Gasteiger partial charge on any atom is -0.392 e. The number of hydrogen-bond acceptors (Lipinski definition) is 3. The van der Waals surface area contributed by atoms with Gasteiger partial charge in [-0.15, -0.1) is 0 Å². The van der Waals surface area contributed by atoms with Gasteiger partial charge in [0.15, 0.2) is 0 Å². The van der Waals surface area contributed by atoms with E-state index in [1.165, 1.54) is 0 Å². The average Bonchev–Trinajstić information content (AvgIpc) is 2.10. The van der Waals surface area contributed by atoms with Crippen LogP contribution in [-0.2, 0) is 0 Å². The molecule has 78 valence electrons. The standard InChI is InChI=1S/C10H22N2O/c1-10(2)8(7-9(10)13)12-6-4-3-5-11/h8-9,12-13H,3-7,11H2,1-2H3. The topological polar surface area (TPSA) is 58.3 Å². The van der Waals surface area contributed by atoms with Crippen LogP contribution >= 0.6 is 0 Å². The Labute approximate surface area is 80.7 Å². The predicted molar refractivity (Wildman–Crippen MR) is 54.5 cm³/mol. The summed E-state index contributed by atoms with van der Waals surface area (Å²) in [5.41, 5.74) is 5.46. The first-order valence-corrected chi connectivity index (χ1v) is 5.20. The van der Waals surface area contributed by atoms with Crippen LogP contribution < -0.4 is 11.1 Å². The molecule has 0 bridgehead atoms. The molecule has 0 aromatic heterocycles. The van der Waals surface area contributed by atoms with E-state index in [0.29, 0.717) is 6.04 Å². The molecule has 0 heterocycles. The molecule has 0 radical (unpaired) electrons. The van der Waals surface area contributed by atoms with E-state index >= 15 is 0 Å². The monoisotopic (exact) mass is 186 g/mol. The Morgan fingerprint density at radius 2 is 2.15 bits per heavy atom. The van der Waals surface area contributed by atoms with Gasteiger partial charge in [0.2, 0.25) is 0 Å². The number of rotatable bonds is 5. The Morgan fingerprint density at radius 3 is 2.62 bits per heavy atom. The van der Waals surface area contributed by atoms with E-state index in [4.69, 9.17) is 5.73 Å². The van der Waals surface area contributed by atoms with Crippen LogP contribution in [0.1, 0.15) is 33.1 Å². The molecule has 4 N–H and O–H groups in total. The Balaban J connectivity index is 2.10. The summed E-state index contributed by atoms with van der Waals surface area (Å²) >= 11 is 0. The van der Waals surface area contributed by atoms with Crippen LogP contribution in [0.2, 0.25) is 0 Å². The van der Waals surface area contributed by atoms with Crippen molar-refractivity contribution in [1.29, 1.82) is 0 Å². The molecule has 1 saturated carbocycles. The fourth-order valence-corrected chi connectivity index (χ4v) is 1.79. The van der Waals surface area contributed by atoms with E-state index < -0.39 is 0 Å². The molecule has 1 aliphatic rings. The lowest BCUT2D eigenvalue weighted by atomic mass is 9.64. The minimum atomic E-state index is -0.125. The zero-order valence-electron chi connectivity index (χ0n) is 8.71. The van der Waals surface area contributed by atoms with Crippen LogP contribution in [-0.4, -0.2) is 30.3 Å². The lowest BCUT2D eigenvalue weighted by Crippen LogP contribution is -2.60. The van der Waals surface area contributed by atoms with Gasteiger partial charge in [0.1, 0.15) is 0 Å². The molecule has 2 unspecified atom stereocenters. The van der Waals surface area contributed by atoms with E-state index in [9.17, 15) is 5.11 Å². The highest BCUT2D eigenvalue weighted by molar-refractivity contribution is 5.01. The van der Waals surface area contributed by atoms with Gasteiger partial charge in [0, 0.05) is 11.5 Å². The summed E-state index contributed by atoms with van der Waals surface area (Å²) in [7, 11) is 0. The molecular formula is C10H22N2O. The first-order valence-electron chi connectivity index (χ1n) is 5.20. The maximum atomic E-state index is 9.49. The summed E-state index contributed by atoms with van der Waals surface area (Å²) in [5.74, 6) is 0. The SMILES string of the molecule is CC1(C)C(O)CC1NCCCCN. The van der Waals surface area contributed by atoms with Crippen molar-refractivity contribution in [2.24, 2.45) is 11.1 Å². The number of unbranched alkanes of at least 4 members (excludes halogenated alkanes) is 1. The Morgan fingerprint density at radius 1 is 1.46 bits per heavy atom. The van der Waals surface area contributed by atoms with E-state index in [2.05, 4.69) is 19.2 Å². The first-order chi connectivity index (χ1) is 6.09. The maximum Gasteiger partial charge on any atom is 0.0621 e. The third kappa shape index (κ3) is 2.42. The van der Waals surface area contributed by atoms with Crippen molar-refractivity contribution in [2.75, 3.05) is 13.1 Å². The van der Waals surface area contributed by atoms with Gasteiger partial charge in [-0.3, -0.25) is 0 Å². The van der Waals surface area contributed by atoms with E-state index in [1.54, 1.807) is 0 Å². The molecule has 0 saturated heterocycles. The molecule has 0 aliphatic heterocycles. The normalized spacial score (nSPS) is 31.4. The average molecular weight is 186 g/mol. The third-order valence-corrected chi connectivity index (χ3v) is 3.24. The van der Waals surface area contributed by atoms with Crippen LogP contribution in [0, 0.1) is 5.41 Å². The van der Waals surface area contributed by atoms with Gasteiger partial charge < -0.3 is 16.2 Å². The highest BCUT2D eigenvalue weighted by Gasteiger charge is 2.46. The molecule has 1 aliphatic carbocycles. The molecule has 0 aromatic carbocycles. The lowest BCUT2D eigenvalue weighted by Gasteiger charge is -2.49. The van der Waals surface area contributed by atoms with Crippen molar-refractivity contribution in [1.82, 2.24) is 5.32 Å². The molecule has 1 fully saturated rings. The maximum absolute atomic E-state index is 9.49. The van der Waals surface area contributed by atoms with Crippen LogP contribution in [0.25, 0.3) is 0 Å². The van der Waals surface area contributed by atoms with Gasteiger partial charge in [-0.25, -0.2) is 0 Å². The molecule has 0 aromatic rings. The first kappa shape index (κ1) is 11.0. The van der Waals surface area contributed by atoms with Crippen molar-refractivity contribution in [2.45, 2.75) is 45.3 Å². The number of hydrogen-bond donors (Lipinski definition) is 3. The van der Waals surface area contributed by atoms with Crippen LogP contribution in [0.15, 0.2) is 0 Å². The summed E-state index contributed by atoms with van der Waals surface area (Å²) in [5, 5.41) is 12.9. The van der Waals surface area contributed by atoms with Crippen molar-refractivity contribution >= 4 is 0 Å². The molecule has 0 amide bonds. The fourth-order valence-electron chi connectivity index (χ4n) is 1.79. The van der Waals surface area contributed by atoms with Gasteiger partial charge >= 0.3 is 0 Å².